The highest BCUT2D eigenvalue weighted by molar-refractivity contribution is 6.87. The second kappa shape index (κ2) is 16.3. The molecule has 0 aliphatic heterocycles. The molecule has 0 spiro atoms. The van der Waals surface area contributed by atoms with Crippen LogP contribution in [-0.2, 0) is 17.7 Å². The quantitative estimate of drug-likeness (QED) is 0.0829. The zero-order valence-electron chi connectivity index (χ0n) is 22.7. The summed E-state index contributed by atoms with van der Waals surface area (Å²) in [4.78, 5) is 0. The molecule has 0 saturated heterocycles. The molecule has 10 nitrogen and oxygen atoms in total. The topological polar surface area (TPSA) is 158 Å². The number of aliphatic hydroxyl groups excluding tert-OH is 6. The molecule has 0 amide bonds. The summed E-state index contributed by atoms with van der Waals surface area (Å²) in [6.07, 6.45) is 1.58. The minimum atomic E-state index is -2.36. The Morgan fingerprint density at radius 3 is 1.06 bits per heavy atom. The number of hydrogen-bond donors (Lipinski definition) is 6. The lowest BCUT2D eigenvalue weighted by molar-refractivity contribution is -0.0578. The van der Waals surface area contributed by atoms with Gasteiger partial charge in [-0.25, -0.2) is 0 Å². The van der Waals surface area contributed by atoms with E-state index in [-0.39, 0.29) is 52.9 Å². The molecule has 0 bridgehead atoms. The van der Waals surface area contributed by atoms with Crippen molar-refractivity contribution in [3.05, 3.63) is 0 Å². The lowest BCUT2D eigenvalue weighted by Gasteiger charge is -2.39. The van der Waals surface area contributed by atoms with E-state index in [2.05, 4.69) is 39.3 Å². The molecule has 13 heteroatoms. The van der Waals surface area contributed by atoms with Crippen LogP contribution in [-0.4, -0.2) is 122 Å². The Morgan fingerprint density at radius 1 is 0.514 bits per heavy atom. The van der Waals surface area contributed by atoms with Gasteiger partial charge in [0.05, 0.1) is 63.7 Å². The van der Waals surface area contributed by atoms with E-state index in [9.17, 15) is 30.6 Å². The van der Waals surface area contributed by atoms with E-state index in [0.29, 0.717) is 13.2 Å². The summed E-state index contributed by atoms with van der Waals surface area (Å²) in [7, 11) is -6.37. The summed E-state index contributed by atoms with van der Waals surface area (Å²) < 4.78 is 24.4. The molecule has 0 aromatic rings. The lowest BCUT2D eigenvalue weighted by atomic mass is 9.93. The van der Waals surface area contributed by atoms with Crippen LogP contribution in [0.3, 0.4) is 0 Å². The Kier molecular flexibility index (Phi) is 16.4. The standard InChI is InChI=1S/C22H52O10Si3/c1-33(2,11-7-9-29-19-21(13-23,14-24)15-25)31-35(5,6)32-34(3,4)12-8-10-30-20-22(16-26,17-27)18-28/h23-28H,7-20H2,1-6H3. The van der Waals surface area contributed by atoms with E-state index < -0.39 is 36.0 Å². The van der Waals surface area contributed by atoms with Gasteiger partial charge in [-0.15, -0.1) is 0 Å². The van der Waals surface area contributed by atoms with Crippen molar-refractivity contribution in [2.75, 3.05) is 66.1 Å². The first-order chi connectivity index (χ1) is 16.2. The highest BCUT2D eigenvalue weighted by Gasteiger charge is 2.39. The minimum Gasteiger partial charge on any atom is -0.437 e. The van der Waals surface area contributed by atoms with E-state index in [1.807, 2.05) is 0 Å². The molecule has 0 aliphatic rings. The average Bonchev–Trinajstić information content (AvgIpc) is 2.78. The molecule has 0 aromatic heterocycles. The Hall–Kier alpha value is 0.251. The largest absolute Gasteiger partial charge is 0.437 e. The Labute approximate surface area is 214 Å². The van der Waals surface area contributed by atoms with Crippen LogP contribution < -0.4 is 0 Å². The summed E-state index contributed by atoms with van der Waals surface area (Å²) in [6.45, 7) is 12.0. The van der Waals surface area contributed by atoms with Gasteiger partial charge in [-0.1, -0.05) is 0 Å². The van der Waals surface area contributed by atoms with Crippen molar-refractivity contribution in [2.45, 2.75) is 64.2 Å². The van der Waals surface area contributed by atoms with Crippen LogP contribution in [0.2, 0.25) is 51.4 Å². The normalized spacial score (nSPS) is 14.1. The van der Waals surface area contributed by atoms with Crippen molar-refractivity contribution in [1.29, 1.82) is 0 Å². The highest BCUT2D eigenvalue weighted by Crippen LogP contribution is 2.26. The van der Waals surface area contributed by atoms with Crippen molar-refractivity contribution in [3.8, 4) is 0 Å². The van der Waals surface area contributed by atoms with E-state index >= 15 is 0 Å². The van der Waals surface area contributed by atoms with E-state index in [1.54, 1.807) is 0 Å². The Bertz CT molecular complexity index is 493. The van der Waals surface area contributed by atoms with Gasteiger partial charge in [-0.3, -0.25) is 0 Å². The molecule has 0 radical (unpaired) electrons. The van der Waals surface area contributed by atoms with Crippen LogP contribution in [0.1, 0.15) is 12.8 Å². The van der Waals surface area contributed by atoms with Gasteiger partial charge in [0, 0.05) is 13.2 Å². The van der Waals surface area contributed by atoms with E-state index in [0.717, 1.165) is 24.9 Å². The van der Waals surface area contributed by atoms with Crippen LogP contribution in [0.15, 0.2) is 0 Å². The van der Waals surface area contributed by atoms with Crippen LogP contribution in [0.4, 0.5) is 0 Å². The summed E-state index contributed by atoms with van der Waals surface area (Å²) in [5, 5.41) is 56.2. The third-order valence-corrected chi connectivity index (χ3v) is 17.5. The fourth-order valence-electron chi connectivity index (χ4n) is 3.80. The predicted octanol–water partition coefficient (Wildman–Crippen LogP) is 0.872. The first-order valence-corrected chi connectivity index (χ1v) is 21.5. The van der Waals surface area contributed by atoms with Gasteiger partial charge in [0.15, 0.2) is 16.6 Å². The van der Waals surface area contributed by atoms with Gasteiger partial charge < -0.3 is 48.3 Å². The smallest absolute Gasteiger partial charge is 0.311 e. The van der Waals surface area contributed by atoms with Crippen molar-refractivity contribution < 1.29 is 48.3 Å². The number of hydrogen-bond acceptors (Lipinski definition) is 10. The number of rotatable bonds is 22. The third-order valence-electron chi connectivity index (χ3n) is 6.01. The average molecular weight is 561 g/mol. The maximum Gasteiger partial charge on any atom is 0.311 e. The monoisotopic (exact) mass is 560 g/mol. The first-order valence-electron chi connectivity index (χ1n) is 12.4. The van der Waals surface area contributed by atoms with Crippen molar-refractivity contribution in [1.82, 2.24) is 0 Å². The molecule has 0 saturated carbocycles. The van der Waals surface area contributed by atoms with Crippen molar-refractivity contribution in [3.63, 3.8) is 0 Å². The number of aliphatic hydroxyl groups is 6. The summed E-state index contributed by atoms with van der Waals surface area (Å²) in [5.74, 6) is 0. The fourth-order valence-corrected chi connectivity index (χ4v) is 17.8. The van der Waals surface area contributed by atoms with Gasteiger partial charge in [0.2, 0.25) is 0 Å². The molecule has 0 rings (SSSR count). The van der Waals surface area contributed by atoms with Gasteiger partial charge in [-0.2, -0.15) is 0 Å². The zero-order valence-corrected chi connectivity index (χ0v) is 25.7. The summed E-state index contributed by atoms with van der Waals surface area (Å²) in [5.41, 5.74) is -2.01. The molecule has 0 aliphatic carbocycles. The molecule has 35 heavy (non-hydrogen) atoms. The highest BCUT2D eigenvalue weighted by atomic mass is 28.5. The SMILES string of the molecule is C[Si](C)(CCCOCC(CO)(CO)CO)O[Si](C)(C)O[Si](C)(C)CCCOCC(CO)(CO)CO. The third kappa shape index (κ3) is 14.1. The Balaban J connectivity index is 4.46. The fraction of sp³-hybridized carbons (Fsp3) is 1.00. The number of ether oxygens (including phenoxy) is 2. The van der Waals surface area contributed by atoms with Crippen LogP contribution in [0.5, 0.6) is 0 Å². The van der Waals surface area contributed by atoms with Crippen molar-refractivity contribution in [2.24, 2.45) is 10.8 Å². The van der Waals surface area contributed by atoms with Gasteiger partial charge >= 0.3 is 8.56 Å². The molecule has 0 fully saturated rings. The predicted molar refractivity (Wildman–Crippen MR) is 142 cm³/mol. The molecular weight excluding hydrogens is 508 g/mol. The maximum absolute atomic E-state index is 9.37. The molecular formula is C22H52O10Si3. The van der Waals surface area contributed by atoms with E-state index in [4.69, 9.17) is 17.7 Å². The molecule has 0 heterocycles. The van der Waals surface area contributed by atoms with Gasteiger partial charge in [0.25, 0.3) is 0 Å². The zero-order chi connectivity index (χ0) is 27.2. The van der Waals surface area contributed by atoms with Crippen molar-refractivity contribution >= 4 is 25.2 Å². The second-order valence-corrected chi connectivity index (χ2v) is 23.9. The lowest BCUT2D eigenvalue weighted by Crippen LogP contribution is -2.52. The second-order valence-electron chi connectivity index (χ2n) is 11.4. The van der Waals surface area contributed by atoms with Gasteiger partial charge in [-0.05, 0) is 64.2 Å². The Morgan fingerprint density at radius 2 is 0.800 bits per heavy atom. The van der Waals surface area contributed by atoms with Crippen LogP contribution in [0.25, 0.3) is 0 Å². The molecule has 0 atom stereocenters. The van der Waals surface area contributed by atoms with Crippen LogP contribution >= 0.6 is 0 Å². The molecule has 0 unspecified atom stereocenters. The molecule has 0 aromatic carbocycles. The summed E-state index contributed by atoms with van der Waals surface area (Å²) in [6, 6.07) is 1.77. The first kappa shape index (κ1) is 35.3. The van der Waals surface area contributed by atoms with Gasteiger partial charge in [0.1, 0.15) is 0 Å². The van der Waals surface area contributed by atoms with E-state index in [1.165, 1.54) is 0 Å². The molecule has 212 valence electrons. The molecule has 6 N–H and O–H groups in total. The maximum atomic E-state index is 9.37. The minimum absolute atomic E-state index is 0.104. The summed E-state index contributed by atoms with van der Waals surface area (Å²) >= 11 is 0. The van der Waals surface area contributed by atoms with Crippen LogP contribution in [0, 0.1) is 10.8 Å².